The Morgan fingerprint density at radius 1 is 1.19 bits per heavy atom. The molecular weight excluding hydrogens is 276 g/mol. The van der Waals surface area contributed by atoms with Crippen LogP contribution < -0.4 is 5.32 Å². The average Bonchev–Trinajstić information content (AvgIpc) is 3.11. The molecule has 1 N–H and O–H groups in total. The lowest BCUT2D eigenvalue weighted by atomic mass is 9.84. The molecule has 0 saturated heterocycles. The Morgan fingerprint density at radius 3 is 2.33 bits per heavy atom. The largest absolute Gasteiger partial charge is 0.308 e. The monoisotopic (exact) mass is 308 g/mol. The van der Waals surface area contributed by atoms with Crippen molar-refractivity contribution in [1.82, 2.24) is 10.2 Å². The van der Waals surface area contributed by atoms with Gasteiger partial charge in [-0.05, 0) is 58.0 Å². The number of likely N-dealkylation sites (N-methyl/N-ethyl adjacent to an activating group) is 1. The third-order valence-corrected chi connectivity index (χ3v) is 6.11. The zero-order valence-electron chi connectivity index (χ0n) is 14.2. The highest BCUT2D eigenvalue weighted by Gasteiger charge is 2.45. The van der Waals surface area contributed by atoms with Crippen molar-refractivity contribution in [3.8, 4) is 0 Å². The third kappa shape index (κ3) is 3.52. The van der Waals surface area contributed by atoms with Gasteiger partial charge in [-0.15, -0.1) is 11.3 Å². The van der Waals surface area contributed by atoms with Crippen molar-refractivity contribution >= 4 is 11.3 Å². The molecule has 1 atom stereocenters. The maximum absolute atomic E-state index is 3.90. The first-order valence-electron chi connectivity index (χ1n) is 8.72. The molecule has 2 rings (SSSR count). The summed E-state index contributed by atoms with van der Waals surface area (Å²) in [6.45, 7) is 12.6. The van der Waals surface area contributed by atoms with E-state index < -0.39 is 0 Å². The summed E-state index contributed by atoms with van der Waals surface area (Å²) in [5, 5.41) is 3.90. The van der Waals surface area contributed by atoms with Crippen LogP contribution in [0.25, 0.3) is 0 Å². The molecule has 3 heteroatoms. The quantitative estimate of drug-likeness (QED) is 0.745. The van der Waals surface area contributed by atoms with E-state index in [9.17, 15) is 0 Å². The number of nitrogens with one attached hydrogen (secondary N) is 1. The minimum Gasteiger partial charge on any atom is -0.308 e. The Bertz CT molecular complexity index is 417. The van der Waals surface area contributed by atoms with E-state index in [1.165, 1.54) is 41.9 Å². The van der Waals surface area contributed by atoms with E-state index in [2.05, 4.69) is 50.0 Å². The fourth-order valence-corrected chi connectivity index (χ4v) is 5.15. The molecule has 1 aliphatic carbocycles. The van der Waals surface area contributed by atoms with Crippen LogP contribution in [-0.4, -0.2) is 30.1 Å². The Balaban J connectivity index is 2.35. The van der Waals surface area contributed by atoms with Crippen molar-refractivity contribution in [2.24, 2.45) is 0 Å². The first kappa shape index (κ1) is 17.0. The van der Waals surface area contributed by atoms with Gasteiger partial charge in [0.25, 0.3) is 0 Å². The molecule has 1 saturated carbocycles. The van der Waals surface area contributed by atoms with Gasteiger partial charge in [-0.3, -0.25) is 4.90 Å². The fraction of sp³-hybridized carbons (Fsp3) is 0.778. The molecule has 21 heavy (non-hydrogen) atoms. The number of thiophene rings is 1. The Hall–Kier alpha value is -0.380. The molecule has 1 aromatic rings. The van der Waals surface area contributed by atoms with Crippen LogP contribution in [0.15, 0.2) is 12.1 Å². The number of rotatable bonds is 8. The van der Waals surface area contributed by atoms with Gasteiger partial charge in [0.2, 0.25) is 0 Å². The SMILES string of the molecule is CCCNC(c1ccc(C)s1)C1(N(CC)CC)CCCC1. The topological polar surface area (TPSA) is 15.3 Å². The second-order valence-electron chi connectivity index (χ2n) is 6.32. The number of nitrogens with zero attached hydrogens (tertiary/aromatic N) is 1. The van der Waals surface area contributed by atoms with Crippen LogP contribution >= 0.6 is 11.3 Å². The minimum absolute atomic E-state index is 0.329. The molecule has 1 unspecified atom stereocenters. The van der Waals surface area contributed by atoms with Crippen molar-refractivity contribution in [2.45, 2.75) is 71.4 Å². The minimum atomic E-state index is 0.329. The van der Waals surface area contributed by atoms with Crippen LogP contribution in [0, 0.1) is 6.92 Å². The van der Waals surface area contributed by atoms with Gasteiger partial charge in [0, 0.05) is 15.3 Å². The van der Waals surface area contributed by atoms with Crippen molar-refractivity contribution in [3.63, 3.8) is 0 Å². The lowest BCUT2D eigenvalue weighted by molar-refractivity contribution is 0.0639. The predicted molar refractivity (Wildman–Crippen MR) is 94.2 cm³/mol. The first-order valence-corrected chi connectivity index (χ1v) is 9.54. The van der Waals surface area contributed by atoms with Crippen LogP contribution in [0.3, 0.4) is 0 Å². The number of hydrogen-bond acceptors (Lipinski definition) is 3. The molecule has 0 spiro atoms. The van der Waals surface area contributed by atoms with Gasteiger partial charge in [-0.2, -0.15) is 0 Å². The molecule has 0 radical (unpaired) electrons. The van der Waals surface area contributed by atoms with Crippen molar-refractivity contribution in [3.05, 3.63) is 21.9 Å². The van der Waals surface area contributed by atoms with E-state index >= 15 is 0 Å². The van der Waals surface area contributed by atoms with E-state index in [1.807, 2.05) is 11.3 Å². The molecular formula is C18H32N2S. The number of aryl methyl sites for hydroxylation is 1. The fourth-order valence-electron chi connectivity index (χ4n) is 4.08. The zero-order valence-corrected chi connectivity index (χ0v) is 15.1. The highest BCUT2D eigenvalue weighted by Crippen LogP contribution is 2.45. The molecule has 0 aliphatic heterocycles. The van der Waals surface area contributed by atoms with Crippen LogP contribution in [0.5, 0.6) is 0 Å². The van der Waals surface area contributed by atoms with E-state index in [1.54, 1.807) is 0 Å². The highest BCUT2D eigenvalue weighted by molar-refractivity contribution is 7.12. The molecule has 0 aromatic carbocycles. The van der Waals surface area contributed by atoms with Crippen molar-refractivity contribution in [2.75, 3.05) is 19.6 Å². The maximum Gasteiger partial charge on any atom is 0.0601 e. The second-order valence-corrected chi connectivity index (χ2v) is 7.64. The summed E-state index contributed by atoms with van der Waals surface area (Å²) in [5.74, 6) is 0. The van der Waals surface area contributed by atoms with Gasteiger partial charge in [-0.1, -0.05) is 33.6 Å². The van der Waals surface area contributed by atoms with Crippen LogP contribution in [0.1, 0.15) is 68.7 Å². The van der Waals surface area contributed by atoms with Gasteiger partial charge in [0.15, 0.2) is 0 Å². The molecule has 1 fully saturated rings. The van der Waals surface area contributed by atoms with Crippen molar-refractivity contribution < 1.29 is 0 Å². The second kappa shape index (κ2) is 7.75. The summed E-state index contributed by atoms with van der Waals surface area (Å²) >= 11 is 1.98. The van der Waals surface area contributed by atoms with Crippen LogP contribution in [0.4, 0.5) is 0 Å². The summed E-state index contributed by atoms with van der Waals surface area (Å²) in [5.41, 5.74) is 0.329. The van der Waals surface area contributed by atoms with Gasteiger partial charge in [-0.25, -0.2) is 0 Å². The Labute approximate surface area is 134 Å². The third-order valence-electron chi connectivity index (χ3n) is 5.04. The van der Waals surface area contributed by atoms with E-state index in [0.29, 0.717) is 11.6 Å². The summed E-state index contributed by atoms with van der Waals surface area (Å²) < 4.78 is 0. The molecule has 1 heterocycles. The van der Waals surface area contributed by atoms with Crippen LogP contribution in [0.2, 0.25) is 0 Å². The van der Waals surface area contributed by atoms with Gasteiger partial charge in [0.05, 0.1) is 6.04 Å². The standard InChI is InChI=1S/C18H32N2S/c1-5-14-19-17(16-11-10-15(4)21-16)18(12-8-9-13-18)20(6-2)7-3/h10-11,17,19H,5-9,12-14H2,1-4H3. The van der Waals surface area contributed by atoms with Gasteiger partial charge in [0.1, 0.15) is 0 Å². The molecule has 0 bridgehead atoms. The smallest absolute Gasteiger partial charge is 0.0601 e. The van der Waals surface area contributed by atoms with E-state index in [4.69, 9.17) is 0 Å². The summed E-state index contributed by atoms with van der Waals surface area (Å²) in [4.78, 5) is 5.69. The molecule has 1 aliphatic rings. The maximum atomic E-state index is 3.90. The summed E-state index contributed by atoms with van der Waals surface area (Å²) in [7, 11) is 0. The van der Waals surface area contributed by atoms with Gasteiger partial charge < -0.3 is 5.32 Å². The predicted octanol–water partition coefficient (Wildman–Crippen LogP) is 4.75. The van der Waals surface area contributed by atoms with Gasteiger partial charge >= 0.3 is 0 Å². The summed E-state index contributed by atoms with van der Waals surface area (Å²) in [6, 6.07) is 5.14. The molecule has 2 nitrogen and oxygen atoms in total. The van der Waals surface area contributed by atoms with Crippen molar-refractivity contribution in [1.29, 1.82) is 0 Å². The zero-order chi connectivity index (χ0) is 15.3. The molecule has 120 valence electrons. The van der Waals surface area contributed by atoms with E-state index in [-0.39, 0.29) is 0 Å². The molecule has 0 amide bonds. The lowest BCUT2D eigenvalue weighted by Gasteiger charge is -2.46. The Morgan fingerprint density at radius 2 is 1.86 bits per heavy atom. The Kier molecular flexibility index (Phi) is 6.27. The normalized spacial score (nSPS) is 19.3. The summed E-state index contributed by atoms with van der Waals surface area (Å²) in [6.07, 6.45) is 6.64. The number of hydrogen-bond donors (Lipinski definition) is 1. The van der Waals surface area contributed by atoms with Crippen LogP contribution in [-0.2, 0) is 0 Å². The average molecular weight is 309 g/mol. The first-order chi connectivity index (χ1) is 10.2. The molecule has 1 aromatic heterocycles. The lowest BCUT2D eigenvalue weighted by Crippen LogP contribution is -2.55. The van der Waals surface area contributed by atoms with E-state index in [0.717, 1.165) is 19.6 Å². The highest BCUT2D eigenvalue weighted by atomic mass is 32.1.